The van der Waals surface area contributed by atoms with Crippen LogP contribution >= 0.6 is 12.2 Å². The van der Waals surface area contributed by atoms with Crippen LogP contribution in [0, 0.1) is 11.6 Å². The van der Waals surface area contributed by atoms with Gasteiger partial charge in [0, 0.05) is 24.8 Å². The molecule has 1 aliphatic rings. The zero-order valence-corrected chi connectivity index (χ0v) is 15.3. The van der Waals surface area contributed by atoms with Crippen molar-refractivity contribution in [3.63, 3.8) is 0 Å². The molecule has 26 heavy (non-hydrogen) atoms. The van der Waals surface area contributed by atoms with Gasteiger partial charge < -0.3 is 20.3 Å². The molecule has 1 atom stereocenters. The van der Waals surface area contributed by atoms with E-state index in [1.165, 1.54) is 17.8 Å². The Labute approximate surface area is 157 Å². The number of hydrogen-bond acceptors (Lipinski definition) is 3. The minimum atomic E-state index is -0.684. The second-order valence-electron chi connectivity index (χ2n) is 6.14. The molecule has 1 fully saturated rings. The summed E-state index contributed by atoms with van der Waals surface area (Å²) in [6.07, 6.45) is 0. The number of ether oxygens (including phenoxy) is 1. The van der Waals surface area contributed by atoms with Gasteiger partial charge in [-0.15, -0.1) is 0 Å². The van der Waals surface area contributed by atoms with E-state index in [1.54, 1.807) is 0 Å². The molecule has 1 saturated heterocycles. The van der Waals surface area contributed by atoms with E-state index in [0.29, 0.717) is 0 Å². The largest absolute Gasteiger partial charge is 0.378 e. The summed E-state index contributed by atoms with van der Waals surface area (Å²) in [4.78, 5) is 2.29. The van der Waals surface area contributed by atoms with E-state index in [9.17, 15) is 8.78 Å². The fourth-order valence-corrected chi connectivity index (χ4v) is 3.11. The Kier molecular flexibility index (Phi) is 6.00. The van der Waals surface area contributed by atoms with Crippen molar-refractivity contribution in [2.45, 2.75) is 13.0 Å². The molecule has 0 spiro atoms. The van der Waals surface area contributed by atoms with Crippen molar-refractivity contribution < 1.29 is 13.5 Å². The highest BCUT2D eigenvalue weighted by atomic mass is 32.1. The third-order valence-electron chi connectivity index (χ3n) is 4.30. The Hall–Kier alpha value is -2.25. The number of morpholine rings is 1. The fraction of sp³-hybridized carbons (Fsp3) is 0.316. The van der Waals surface area contributed by atoms with E-state index in [4.69, 9.17) is 17.0 Å². The van der Waals surface area contributed by atoms with E-state index in [-0.39, 0.29) is 16.8 Å². The van der Waals surface area contributed by atoms with E-state index in [2.05, 4.69) is 27.7 Å². The van der Waals surface area contributed by atoms with E-state index >= 15 is 0 Å². The second kappa shape index (κ2) is 8.42. The van der Waals surface area contributed by atoms with Crippen LogP contribution in [-0.2, 0) is 4.74 Å². The molecule has 2 N–H and O–H groups in total. The van der Waals surface area contributed by atoms with Crippen molar-refractivity contribution in [2.75, 3.05) is 36.5 Å². The molecule has 4 nitrogen and oxygen atoms in total. The van der Waals surface area contributed by atoms with Crippen molar-refractivity contribution in [2.24, 2.45) is 0 Å². The number of anilines is 2. The molecule has 2 aromatic rings. The molecule has 1 heterocycles. The van der Waals surface area contributed by atoms with Crippen molar-refractivity contribution in [3.05, 3.63) is 59.7 Å². The maximum absolute atomic E-state index is 13.7. The highest BCUT2D eigenvalue weighted by Crippen LogP contribution is 2.21. The van der Waals surface area contributed by atoms with Gasteiger partial charge in [0.25, 0.3) is 0 Å². The lowest BCUT2D eigenvalue weighted by Crippen LogP contribution is -2.36. The van der Waals surface area contributed by atoms with Gasteiger partial charge in [-0.3, -0.25) is 0 Å². The number of benzene rings is 2. The molecule has 1 unspecified atom stereocenters. The van der Waals surface area contributed by atoms with Crippen LogP contribution < -0.4 is 15.5 Å². The second-order valence-corrected chi connectivity index (χ2v) is 6.54. The average Bonchev–Trinajstić information content (AvgIpc) is 2.65. The number of nitrogens with one attached hydrogen (secondary N) is 2. The zero-order valence-electron chi connectivity index (χ0n) is 14.5. The third kappa shape index (κ3) is 4.68. The van der Waals surface area contributed by atoms with Crippen LogP contribution in [0.15, 0.2) is 42.5 Å². The Bertz CT molecular complexity index is 764. The average molecular weight is 377 g/mol. The minimum Gasteiger partial charge on any atom is -0.378 e. The molecule has 1 aliphatic heterocycles. The highest BCUT2D eigenvalue weighted by Gasteiger charge is 2.13. The summed E-state index contributed by atoms with van der Waals surface area (Å²) in [7, 11) is 0. The summed E-state index contributed by atoms with van der Waals surface area (Å²) in [5.74, 6) is -1.31. The van der Waals surface area contributed by atoms with E-state index in [1.807, 2.05) is 19.1 Å². The van der Waals surface area contributed by atoms with Crippen molar-refractivity contribution in [1.82, 2.24) is 5.32 Å². The summed E-state index contributed by atoms with van der Waals surface area (Å²) in [6, 6.07) is 11.5. The van der Waals surface area contributed by atoms with E-state index in [0.717, 1.165) is 37.9 Å². The van der Waals surface area contributed by atoms with Crippen molar-refractivity contribution in [1.29, 1.82) is 0 Å². The van der Waals surface area contributed by atoms with Gasteiger partial charge in [0.05, 0.1) is 24.9 Å². The lowest BCUT2D eigenvalue weighted by Gasteiger charge is -2.29. The van der Waals surface area contributed by atoms with Gasteiger partial charge in [0.1, 0.15) is 11.6 Å². The first-order chi connectivity index (χ1) is 12.5. The third-order valence-corrected chi connectivity index (χ3v) is 4.52. The number of hydrogen-bond donors (Lipinski definition) is 2. The zero-order chi connectivity index (χ0) is 18.5. The fourth-order valence-electron chi connectivity index (χ4n) is 2.82. The van der Waals surface area contributed by atoms with Crippen LogP contribution in [0.3, 0.4) is 0 Å². The Morgan fingerprint density at radius 1 is 1.12 bits per heavy atom. The molecule has 0 saturated carbocycles. The van der Waals surface area contributed by atoms with Crippen molar-refractivity contribution >= 4 is 28.7 Å². The standard InChI is InChI=1S/C19H21F2N3OS/c1-13(22-19(26)23-18-7-4-15(20)12-17(18)21)14-2-5-16(6-3-14)24-8-10-25-11-9-24/h2-7,12-13H,8-11H2,1H3,(H2,22,23,26). The van der Waals surface area contributed by atoms with Crippen LogP contribution in [0.2, 0.25) is 0 Å². The van der Waals surface area contributed by atoms with E-state index < -0.39 is 11.6 Å². The first-order valence-electron chi connectivity index (χ1n) is 8.48. The topological polar surface area (TPSA) is 36.5 Å². The molecular weight excluding hydrogens is 356 g/mol. The number of thiocarbonyl (C=S) groups is 1. The number of rotatable bonds is 4. The molecule has 0 amide bonds. The van der Waals surface area contributed by atoms with Crippen molar-refractivity contribution in [3.8, 4) is 0 Å². The summed E-state index contributed by atoms with van der Waals surface area (Å²) >= 11 is 5.23. The van der Waals surface area contributed by atoms with Gasteiger partial charge in [-0.05, 0) is 49.0 Å². The van der Waals surface area contributed by atoms with Gasteiger partial charge in [-0.2, -0.15) is 0 Å². The maximum atomic E-state index is 13.7. The van der Waals surface area contributed by atoms with Crippen LogP contribution in [-0.4, -0.2) is 31.4 Å². The minimum absolute atomic E-state index is 0.0581. The van der Waals surface area contributed by atoms with Gasteiger partial charge in [-0.1, -0.05) is 12.1 Å². The van der Waals surface area contributed by atoms with Gasteiger partial charge in [0.15, 0.2) is 5.11 Å². The first-order valence-corrected chi connectivity index (χ1v) is 8.89. The summed E-state index contributed by atoms with van der Waals surface area (Å²) in [6.45, 7) is 5.26. The number of halogens is 2. The predicted octanol–water partition coefficient (Wildman–Crippen LogP) is 3.85. The first kappa shape index (κ1) is 18.5. The quantitative estimate of drug-likeness (QED) is 0.792. The SMILES string of the molecule is CC(NC(=S)Nc1ccc(F)cc1F)c1ccc(N2CCOCC2)cc1. The molecule has 3 rings (SSSR count). The molecule has 0 bridgehead atoms. The normalized spacial score (nSPS) is 15.4. The molecular formula is C19H21F2N3OS. The van der Waals surface area contributed by atoms with Crippen LogP contribution in [0.4, 0.5) is 20.2 Å². The van der Waals surface area contributed by atoms with Crippen LogP contribution in [0.25, 0.3) is 0 Å². The lowest BCUT2D eigenvalue weighted by atomic mass is 10.1. The molecule has 2 aromatic carbocycles. The smallest absolute Gasteiger partial charge is 0.171 e. The monoisotopic (exact) mass is 377 g/mol. The Balaban J connectivity index is 1.58. The lowest BCUT2D eigenvalue weighted by molar-refractivity contribution is 0.122. The van der Waals surface area contributed by atoms with Crippen LogP contribution in [0.1, 0.15) is 18.5 Å². The van der Waals surface area contributed by atoms with Gasteiger partial charge in [0.2, 0.25) is 0 Å². The number of nitrogens with zero attached hydrogens (tertiary/aromatic N) is 1. The van der Waals surface area contributed by atoms with Gasteiger partial charge >= 0.3 is 0 Å². The summed E-state index contributed by atoms with van der Waals surface area (Å²) in [5, 5.41) is 6.15. The highest BCUT2D eigenvalue weighted by molar-refractivity contribution is 7.80. The molecule has 7 heteroatoms. The maximum Gasteiger partial charge on any atom is 0.171 e. The molecule has 0 aliphatic carbocycles. The molecule has 0 radical (unpaired) electrons. The summed E-state index contributed by atoms with van der Waals surface area (Å²) in [5.41, 5.74) is 2.36. The van der Waals surface area contributed by atoms with Crippen LogP contribution in [0.5, 0.6) is 0 Å². The predicted molar refractivity (Wildman–Crippen MR) is 104 cm³/mol. The van der Waals surface area contributed by atoms with Gasteiger partial charge in [-0.25, -0.2) is 8.78 Å². The molecule has 138 valence electrons. The summed E-state index contributed by atoms with van der Waals surface area (Å²) < 4.78 is 32.0. The molecule has 0 aromatic heterocycles. The Morgan fingerprint density at radius 3 is 2.46 bits per heavy atom. The Morgan fingerprint density at radius 2 is 1.81 bits per heavy atom.